The zero-order chi connectivity index (χ0) is 12.3. The van der Waals surface area contributed by atoms with E-state index in [4.69, 9.17) is 5.73 Å². The summed E-state index contributed by atoms with van der Waals surface area (Å²) in [7, 11) is -3.76. The molecule has 0 fully saturated rings. The molecule has 0 saturated heterocycles. The van der Waals surface area contributed by atoms with Crippen LogP contribution in [-0.2, 0) is 20.4 Å². The maximum atomic E-state index is 12.6. The van der Waals surface area contributed by atoms with Crippen LogP contribution >= 0.6 is 12.6 Å². The Balaban J connectivity index is 2.89. The second kappa shape index (κ2) is 4.84. The van der Waals surface area contributed by atoms with Crippen LogP contribution in [-0.4, -0.2) is 18.9 Å². The van der Waals surface area contributed by atoms with Crippen molar-refractivity contribution in [2.24, 2.45) is 5.73 Å². The molecule has 0 heterocycles. The summed E-state index contributed by atoms with van der Waals surface area (Å²) in [4.78, 5) is 10.7. The van der Waals surface area contributed by atoms with E-state index in [0.717, 1.165) is 12.1 Å². The predicted octanol–water partition coefficient (Wildman–Crippen LogP) is 0.482. The van der Waals surface area contributed by atoms with E-state index >= 15 is 0 Å². The summed E-state index contributed by atoms with van der Waals surface area (Å²) in [6.45, 7) is 0. The number of thiol groups is 1. The zero-order valence-corrected chi connectivity index (χ0v) is 9.84. The second-order valence-electron chi connectivity index (χ2n) is 3.19. The van der Waals surface area contributed by atoms with Gasteiger partial charge in [-0.3, -0.25) is 4.79 Å². The Morgan fingerprint density at radius 3 is 2.31 bits per heavy atom. The number of benzene rings is 1. The molecule has 7 heteroatoms. The highest BCUT2D eigenvalue weighted by molar-refractivity contribution is 8.05. The second-order valence-corrected chi connectivity index (χ2v) is 6.14. The molecule has 0 aliphatic rings. The largest absolute Gasteiger partial charge is 0.368 e. The minimum Gasteiger partial charge on any atom is -0.368 e. The summed E-state index contributed by atoms with van der Waals surface area (Å²) in [5.74, 6) is -1.88. The maximum Gasteiger partial charge on any atom is 0.245 e. The highest BCUT2D eigenvalue weighted by atomic mass is 32.2. The highest BCUT2D eigenvalue weighted by Gasteiger charge is 2.27. The van der Waals surface area contributed by atoms with Crippen molar-refractivity contribution in [1.82, 2.24) is 0 Å². The van der Waals surface area contributed by atoms with Gasteiger partial charge in [-0.1, -0.05) is 12.1 Å². The van der Waals surface area contributed by atoms with Crippen molar-refractivity contribution < 1.29 is 17.6 Å². The van der Waals surface area contributed by atoms with Crippen LogP contribution in [0.4, 0.5) is 4.39 Å². The minimum atomic E-state index is -3.76. The fourth-order valence-electron chi connectivity index (χ4n) is 1.07. The molecule has 4 nitrogen and oxygen atoms in total. The number of halogens is 1. The average Bonchev–Trinajstić information content (AvgIpc) is 2.20. The molecule has 0 spiro atoms. The first-order valence-electron chi connectivity index (χ1n) is 4.26. The van der Waals surface area contributed by atoms with Crippen molar-refractivity contribution in [2.45, 2.75) is 10.3 Å². The van der Waals surface area contributed by atoms with Crippen LogP contribution in [0.25, 0.3) is 0 Å². The van der Waals surface area contributed by atoms with Gasteiger partial charge in [0, 0.05) is 0 Å². The van der Waals surface area contributed by atoms with Gasteiger partial charge in [0.25, 0.3) is 0 Å². The Bertz CT molecular complexity index is 484. The van der Waals surface area contributed by atoms with Crippen molar-refractivity contribution in [2.75, 3.05) is 0 Å². The van der Waals surface area contributed by atoms with E-state index in [2.05, 4.69) is 12.6 Å². The molecule has 0 bridgehead atoms. The number of carbonyl (C=O) groups excluding carboxylic acids is 1. The number of primary amides is 1. The first-order chi connectivity index (χ1) is 7.33. The average molecular weight is 263 g/mol. The third-order valence-corrected chi connectivity index (χ3v) is 4.73. The Kier molecular flexibility index (Phi) is 3.93. The number of sulfone groups is 1. The molecular weight excluding hydrogens is 253 g/mol. The number of hydrogen-bond donors (Lipinski definition) is 2. The molecule has 1 rings (SSSR count). The van der Waals surface area contributed by atoms with E-state index in [1.165, 1.54) is 12.1 Å². The van der Waals surface area contributed by atoms with Crippen LogP contribution in [0.5, 0.6) is 0 Å². The molecule has 0 saturated carbocycles. The van der Waals surface area contributed by atoms with Gasteiger partial charge in [0.2, 0.25) is 5.91 Å². The van der Waals surface area contributed by atoms with Crippen molar-refractivity contribution in [3.63, 3.8) is 0 Å². The third-order valence-electron chi connectivity index (χ3n) is 1.86. The molecule has 0 radical (unpaired) electrons. The van der Waals surface area contributed by atoms with E-state index in [-0.39, 0.29) is 0 Å². The summed E-state index contributed by atoms with van der Waals surface area (Å²) < 4.78 is 34.1. The van der Waals surface area contributed by atoms with Gasteiger partial charge in [0.05, 0.1) is 5.75 Å². The summed E-state index contributed by atoms with van der Waals surface area (Å²) in [6, 6.07) is 4.94. The van der Waals surface area contributed by atoms with Crippen LogP contribution < -0.4 is 5.73 Å². The van der Waals surface area contributed by atoms with Crippen LogP contribution in [0.1, 0.15) is 5.56 Å². The molecule has 1 atom stereocenters. The molecule has 2 N–H and O–H groups in total. The Hall–Kier alpha value is -1.08. The van der Waals surface area contributed by atoms with E-state index in [0.29, 0.717) is 5.56 Å². The predicted molar refractivity (Wildman–Crippen MR) is 61.0 cm³/mol. The van der Waals surface area contributed by atoms with Crippen molar-refractivity contribution in [3.05, 3.63) is 35.6 Å². The van der Waals surface area contributed by atoms with Crippen LogP contribution in [0.2, 0.25) is 0 Å². The Morgan fingerprint density at radius 2 is 1.88 bits per heavy atom. The maximum absolute atomic E-state index is 12.6. The number of amides is 1. The normalized spacial score (nSPS) is 13.4. The van der Waals surface area contributed by atoms with Crippen molar-refractivity contribution >= 4 is 28.4 Å². The van der Waals surface area contributed by atoms with Gasteiger partial charge in [-0.05, 0) is 17.7 Å². The molecule has 0 aliphatic carbocycles. The van der Waals surface area contributed by atoms with Gasteiger partial charge in [-0.15, -0.1) is 0 Å². The van der Waals surface area contributed by atoms with Crippen LogP contribution in [0.15, 0.2) is 24.3 Å². The summed E-state index contributed by atoms with van der Waals surface area (Å²) in [6.07, 6.45) is 0. The van der Waals surface area contributed by atoms with Gasteiger partial charge < -0.3 is 5.73 Å². The van der Waals surface area contributed by atoms with Crippen LogP contribution in [0, 0.1) is 5.82 Å². The Morgan fingerprint density at radius 1 is 1.38 bits per heavy atom. The SMILES string of the molecule is NC(=O)C(S)S(=O)(=O)Cc1ccc(F)cc1. The van der Waals surface area contributed by atoms with Crippen molar-refractivity contribution in [1.29, 1.82) is 0 Å². The minimum absolute atomic E-state index is 0.377. The first-order valence-corrected chi connectivity index (χ1v) is 6.49. The standard InChI is InChI=1S/C9H10FNO3S2/c10-7-3-1-6(2-4-7)5-16(13,14)9(15)8(11)12/h1-4,9,15H,5H2,(H2,11,12). The Labute approximate surface area is 98.0 Å². The van der Waals surface area contributed by atoms with E-state index < -0.39 is 31.9 Å². The lowest BCUT2D eigenvalue weighted by atomic mass is 10.2. The van der Waals surface area contributed by atoms with E-state index in [1.54, 1.807) is 0 Å². The molecule has 88 valence electrons. The van der Waals surface area contributed by atoms with Gasteiger partial charge in [-0.25, -0.2) is 12.8 Å². The van der Waals surface area contributed by atoms with Crippen molar-refractivity contribution in [3.8, 4) is 0 Å². The zero-order valence-electron chi connectivity index (χ0n) is 8.13. The van der Waals surface area contributed by atoms with Crippen LogP contribution in [0.3, 0.4) is 0 Å². The molecule has 1 aromatic carbocycles. The molecule has 1 aromatic rings. The lowest BCUT2D eigenvalue weighted by Crippen LogP contribution is -2.32. The molecular formula is C9H10FNO3S2. The highest BCUT2D eigenvalue weighted by Crippen LogP contribution is 2.14. The lowest BCUT2D eigenvalue weighted by Gasteiger charge is -2.08. The van der Waals surface area contributed by atoms with Gasteiger partial charge in [-0.2, -0.15) is 12.6 Å². The topological polar surface area (TPSA) is 77.2 Å². The van der Waals surface area contributed by atoms with Gasteiger partial charge in [0.1, 0.15) is 5.82 Å². The summed E-state index contributed by atoms with van der Waals surface area (Å²) in [5, 5.41) is 0. The summed E-state index contributed by atoms with van der Waals surface area (Å²) in [5.41, 5.74) is 5.22. The first kappa shape index (κ1) is 13.0. The van der Waals surface area contributed by atoms with Gasteiger partial charge in [0.15, 0.2) is 14.4 Å². The molecule has 1 unspecified atom stereocenters. The van der Waals surface area contributed by atoms with Gasteiger partial charge >= 0.3 is 0 Å². The van der Waals surface area contributed by atoms with E-state index in [1.807, 2.05) is 0 Å². The monoisotopic (exact) mass is 263 g/mol. The molecule has 0 aromatic heterocycles. The molecule has 16 heavy (non-hydrogen) atoms. The number of hydrogen-bond acceptors (Lipinski definition) is 4. The fraction of sp³-hybridized carbons (Fsp3) is 0.222. The smallest absolute Gasteiger partial charge is 0.245 e. The quantitative estimate of drug-likeness (QED) is 0.776. The van der Waals surface area contributed by atoms with E-state index in [9.17, 15) is 17.6 Å². The lowest BCUT2D eigenvalue weighted by molar-refractivity contribution is -0.116. The summed E-state index contributed by atoms with van der Waals surface area (Å²) >= 11 is 3.62. The third kappa shape index (κ3) is 3.21. The number of rotatable bonds is 4. The number of nitrogens with two attached hydrogens (primary N) is 1. The molecule has 1 amide bonds. The molecule has 0 aliphatic heterocycles. The fourth-order valence-corrected chi connectivity index (χ4v) is 2.46. The number of carbonyl (C=O) groups is 1.